The van der Waals surface area contributed by atoms with E-state index >= 15 is 0 Å². The summed E-state index contributed by atoms with van der Waals surface area (Å²) in [5.74, 6) is -0.208. The molecule has 3 aromatic carbocycles. The molecule has 0 aliphatic carbocycles. The summed E-state index contributed by atoms with van der Waals surface area (Å²) < 4.78 is 39.2. The van der Waals surface area contributed by atoms with E-state index in [9.17, 15) is 18.0 Å². The van der Waals surface area contributed by atoms with Crippen molar-refractivity contribution in [1.29, 1.82) is 0 Å². The molecule has 1 amide bonds. The van der Waals surface area contributed by atoms with Crippen molar-refractivity contribution in [3.63, 3.8) is 0 Å². The monoisotopic (exact) mass is 524 g/mol. The molecule has 2 N–H and O–H groups in total. The molecule has 196 valence electrons. The van der Waals surface area contributed by atoms with Gasteiger partial charge in [-0.2, -0.15) is 0 Å². The average molecular weight is 525 g/mol. The van der Waals surface area contributed by atoms with Gasteiger partial charge >= 0.3 is 6.09 Å². The second kappa shape index (κ2) is 11.0. The average Bonchev–Trinajstić information content (AvgIpc) is 2.80. The zero-order chi connectivity index (χ0) is 26.6. The van der Waals surface area contributed by atoms with Gasteiger partial charge < -0.3 is 14.8 Å². The summed E-state index contributed by atoms with van der Waals surface area (Å²) in [6.07, 6.45) is -0.353. The molecule has 1 aliphatic rings. The van der Waals surface area contributed by atoms with Gasteiger partial charge in [0, 0.05) is 11.8 Å². The number of carbonyl (C=O) groups is 2. The first kappa shape index (κ1) is 26.8. The van der Waals surface area contributed by atoms with Crippen molar-refractivity contribution in [1.82, 2.24) is 10.0 Å². The van der Waals surface area contributed by atoms with Crippen LogP contribution in [0, 0.1) is 0 Å². The SMILES string of the molecule is CC(C)(C)OC(=O)N[C@@H](Cc1ccccc1)C(=O)Cc1cccc2c(S(=O)(=O)NC3COC3)cccc12. The Balaban J connectivity index is 1.61. The predicted octanol–water partition coefficient (Wildman–Crippen LogP) is 3.76. The van der Waals surface area contributed by atoms with Crippen molar-refractivity contribution >= 4 is 32.7 Å². The van der Waals surface area contributed by atoms with Crippen LogP contribution in [-0.4, -0.2) is 51.2 Å². The third kappa shape index (κ3) is 6.94. The fourth-order valence-electron chi connectivity index (χ4n) is 4.18. The van der Waals surface area contributed by atoms with Crippen molar-refractivity contribution in [2.75, 3.05) is 13.2 Å². The van der Waals surface area contributed by atoms with E-state index in [4.69, 9.17) is 9.47 Å². The largest absolute Gasteiger partial charge is 0.444 e. The number of fused-ring (bicyclic) bond motifs is 1. The van der Waals surface area contributed by atoms with E-state index in [-0.39, 0.29) is 23.1 Å². The number of benzene rings is 3. The number of amides is 1. The summed E-state index contributed by atoms with van der Waals surface area (Å²) >= 11 is 0. The highest BCUT2D eigenvalue weighted by molar-refractivity contribution is 7.89. The summed E-state index contributed by atoms with van der Waals surface area (Å²) in [7, 11) is -3.77. The molecule has 1 saturated heterocycles. The maximum Gasteiger partial charge on any atom is 0.408 e. The molecule has 3 aromatic rings. The van der Waals surface area contributed by atoms with Crippen LogP contribution in [0.25, 0.3) is 10.8 Å². The number of ketones is 1. The molecule has 1 heterocycles. The third-order valence-corrected chi connectivity index (χ3v) is 7.53. The molecular formula is C28H32N2O6S. The lowest BCUT2D eigenvalue weighted by Crippen LogP contribution is -2.48. The summed E-state index contributed by atoms with van der Waals surface area (Å²) in [5, 5.41) is 3.93. The Morgan fingerprint density at radius 3 is 2.30 bits per heavy atom. The Morgan fingerprint density at radius 1 is 0.973 bits per heavy atom. The molecule has 0 bridgehead atoms. The fourth-order valence-corrected chi connectivity index (χ4v) is 5.60. The van der Waals surface area contributed by atoms with Crippen LogP contribution >= 0.6 is 0 Å². The number of ether oxygens (including phenoxy) is 2. The molecule has 0 radical (unpaired) electrons. The number of alkyl carbamates (subject to hydrolysis) is 1. The van der Waals surface area contributed by atoms with Crippen molar-refractivity contribution in [2.24, 2.45) is 0 Å². The zero-order valence-corrected chi connectivity index (χ0v) is 22.0. The van der Waals surface area contributed by atoms with E-state index in [2.05, 4.69) is 10.0 Å². The van der Waals surface area contributed by atoms with Crippen LogP contribution in [0.5, 0.6) is 0 Å². The number of nitrogens with one attached hydrogen (secondary N) is 2. The van der Waals surface area contributed by atoms with Gasteiger partial charge in [0.1, 0.15) is 5.60 Å². The van der Waals surface area contributed by atoms with Crippen LogP contribution in [0.3, 0.4) is 0 Å². The summed E-state index contributed by atoms with van der Waals surface area (Å²) in [4.78, 5) is 26.2. The van der Waals surface area contributed by atoms with Crippen molar-refractivity contribution < 1.29 is 27.5 Å². The van der Waals surface area contributed by atoms with Gasteiger partial charge in [0.05, 0.1) is 30.2 Å². The van der Waals surface area contributed by atoms with Gasteiger partial charge in [0.2, 0.25) is 10.0 Å². The van der Waals surface area contributed by atoms with E-state index in [1.165, 1.54) is 0 Å². The lowest BCUT2D eigenvalue weighted by molar-refractivity contribution is -0.120. The number of rotatable bonds is 9. The zero-order valence-electron chi connectivity index (χ0n) is 21.2. The highest BCUT2D eigenvalue weighted by Gasteiger charge is 2.28. The van der Waals surface area contributed by atoms with E-state index in [0.29, 0.717) is 36.0 Å². The number of sulfonamides is 1. The minimum Gasteiger partial charge on any atom is -0.444 e. The molecule has 8 nitrogen and oxygen atoms in total. The summed E-state index contributed by atoms with van der Waals surface area (Å²) in [6, 6.07) is 18.7. The van der Waals surface area contributed by atoms with E-state index < -0.39 is 27.8 Å². The lowest BCUT2D eigenvalue weighted by atomic mass is 9.95. The van der Waals surface area contributed by atoms with Crippen LogP contribution in [0.1, 0.15) is 31.9 Å². The Morgan fingerprint density at radius 2 is 1.65 bits per heavy atom. The molecule has 0 aromatic heterocycles. The molecular weight excluding hydrogens is 492 g/mol. The molecule has 0 saturated carbocycles. The summed E-state index contributed by atoms with van der Waals surface area (Å²) in [5.41, 5.74) is 0.867. The first-order chi connectivity index (χ1) is 17.5. The lowest BCUT2D eigenvalue weighted by Gasteiger charge is -2.26. The van der Waals surface area contributed by atoms with E-state index in [1.54, 1.807) is 57.2 Å². The maximum atomic E-state index is 13.5. The minimum absolute atomic E-state index is 0.0119. The molecule has 1 atom stereocenters. The van der Waals surface area contributed by atoms with Crippen LogP contribution in [0.4, 0.5) is 4.79 Å². The highest BCUT2D eigenvalue weighted by atomic mass is 32.2. The number of Topliss-reactive ketones (excluding diaryl/α,β-unsaturated/α-hetero) is 1. The Labute approximate surface area is 217 Å². The van der Waals surface area contributed by atoms with Crippen LogP contribution in [-0.2, 0) is 37.1 Å². The smallest absolute Gasteiger partial charge is 0.408 e. The number of hydrogen-bond donors (Lipinski definition) is 2. The van der Waals surface area contributed by atoms with Crippen molar-refractivity contribution in [3.05, 3.63) is 77.9 Å². The van der Waals surface area contributed by atoms with Gasteiger partial charge in [-0.05, 0) is 49.8 Å². The highest BCUT2D eigenvalue weighted by Crippen LogP contribution is 2.27. The third-order valence-electron chi connectivity index (χ3n) is 5.95. The normalized spacial score (nSPS) is 15.1. The second-order valence-corrected chi connectivity index (χ2v) is 11.8. The number of hydrogen-bond acceptors (Lipinski definition) is 6. The van der Waals surface area contributed by atoms with Gasteiger partial charge in [-0.25, -0.2) is 17.9 Å². The molecule has 0 spiro atoms. The van der Waals surface area contributed by atoms with Gasteiger partial charge in [-0.15, -0.1) is 0 Å². The minimum atomic E-state index is -3.77. The first-order valence-corrected chi connectivity index (χ1v) is 13.7. The van der Waals surface area contributed by atoms with Crippen LogP contribution in [0.15, 0.2) is 71.6 Å². The predicted molar refractivity (Wildman–Crippen MR) is 141 cm³/mol. The molecule has 1 fully saturated rings. The van der Waals surface area contributed by atoms with Crippen molar-refractivity contribution in [2.45, 2.75) is 56.2 Å². The van der Waals surface area contributed by atoms with Gasteiger partial charge in [0.15, 0.2) is 5.78 Å². The standard InChI is InChI=1S/C28H32N2O6S/c1-28(2,3)36-27(32)29-24(15-19-9-5-4-6-10-19)25(31)16-20-11-7-13-23-22(20)12-8-14-26(23)37(33,34)30-21-17-35-18-21/h4-14,21,24,30H,15-18H2,1-3H3,(H,29,32)/t24-/m0/s1. The van der Waals surface area contributed by atoms with E-state index in [1.807, 2.05) is 30.3 Å². The summed E-state index contributed by atoms with van der Waals surface area (Å²) in [6.45, 7) is 5.97. The molecule has 4 rings (SSSR count). The van der Waals surface area contributed by atoms with Crippen molar-refractivity contribution in [3.8, 4) is 0 Å². The van der Waals surface area contributed by atoms with Crippen LogP contribution in [0.2, 0.25) is 0 Å². The molecule has 1 aliphatic heterocycles. The van der Waals surface area contributed by atoms with Gasteiger partial charge in [-0.1, -0.05) is 60.7 Å². The number of carbonyl (C=O) groups excluding carboxylic acids is 2. The molecule has 37 heavy (non-hydrogen) atoms. The Bertz CT molecular complexity index is 1380. The first-order valence-electron chi connectivity index (χ1n) is 12.2. The topological polar surface area (TPSA) is 111 Å². The second-order valence-electron chi connectivity index (χ2n) is 10.2. The Kier molecular flexibility index (Phi) is 7.96. The quantitative estimate of drug-likeness (QED) is 0.441. The van der Waals surface area contributed by atoms with Crippen LogP contribution < -0.4 is 10.0 Å². The maximum absolute atomic E-state index is 13.5. The van der Waals surface area contributed by atoms with Gasteiger partial charge in [-0.3, -0.25) is 4.79 Å². The fraction of sp³-hybridized carbons (Fsp3) is 0.357. The van der Waals surface area contributed by atoms with Gasteiger partial charge in [0.25, 0.3) is 0 Å². The Hall–Kier alpha value is -3.27. The molecule has 9 heteroatoms. The van der Waals surface area contributed by atoms with E-state index in [0.717, 1.165) is 5.56 Å². The molecule has 0 unspecified atom stereocenters.